The lowest BCUT2D eigenvalue weighted by Crippen LogP contribution is -2.12. The maximum atomic E-state index is 9.39. The number of hydrogen-bond donors (Lipinski definition) is 1. The van der Waals surface area contributed by atoms with Crippen LogP contribution < -0.4 is 5.32 Å². The Morgan fingerprint density at radius 3 is 2.55 bits per heavy atom. The molecule has 1 saturated carbocycles. The zero-order valence-electron chi connectivity index (χ0n) is 12.5. The van der Waals surface area contributed by atoms with Crippen molar-refractivity contribution in [3.05, 3.63) is 34.9 Å². The van der Waals surface area contributed by atoms with Gasteiger partial charge in [0.05, 0.1) is 11.6 Å². The van der Waals surface area contributed by atoms with Gasteiger partial charge in [0.1, 0.15) is 0 Å². The van der Waals surface area contributed by atoms with Gasteiger partial charge in [0.2, 0.25) is 0 Å². The van der Waals surface area contributed by atoms with Crippen molar-refractivity contribution in [2.24, 2.45) is 17.8 Å². The van der Waals surface area contributed by atoms with Gasteiger partial charge < -0.3 is 5.32 Å². The molecule has 2 aliphatic rings. The zero-order chi connectivity index (χ0) is 14.1. The van der Waals surface area contributed by atoms with Gasteiger partial charge in [-0.15, -0.1) is 0 Å². The Hall–Kier alpha value is -1.33. The number of rotatable bonds is 3. The second-order valence-corrected chi connectivity index (χ2v) is 6.98. The highest BCUT2D eigenvalue weighted by Crippen LogP contribution is 2.45. The van der Waals surface area contributed by atoms with Gasteiger partial charge in [0.15, 0.2) is 0 Å². The molecule has 106 valence electrons. The third kappa shape index (κ3) is 2.60. The van der Waals surface area contributed by atoms with Crippen molar-refractivity contribution in [2.75, 3.05) is 13.1 Å². The van der Waals surface area contributed by atoms with Crippen LogP contribution >= 0.6 is 0 Å². The number of hydrogen-bond acceptors (Lipinski definition) is 2. The minimum Gasteiger partial charge on any atom is -0.316 e. The predicted octanol–water partition coefficient (Wildman–Crippen LogP) is 3.47. The molecule has 1 aliphatic heterocycles. The molecule has 2 fully saturated rings. The molecule has 0 spiro atoms. The summed E-state index contributed by atoms with van der Waals surface area (Å²) in [5.41, 5.74) is 3.61. The van der Waals surface area contributed by atoms with Gasteiger partial charge >= 0.3 is 0 Å². The molecule has 1 aromatic carbocycles. The van der Waals surface area contributed by atoms with Gasteiger partial charge in [-0.3, -0.25) is 0 Å². The van der Waals surface area contributed by atoms with Crippen LogP contribution in [0.15, 0.2) is 18.2 Å². The van der Waals surface area contributed by atoms with Crippen molar-refractivity contribution in [1.29, 1.82) is 5.26 Å². The van der Waals surface area contributed by atoms with Gasteiger partial charge in [-0.1, -0.05) is 26.0 Å². The molecule has 2 heteroatoms. The maximum absolute atomic E-state index is 9.39. The van der Waals surface area contributed by atoms with Crippen LogP contribution in [0, 0.1) is 29.1 Å². The molecule has 1 heterocycles. The van der Waals surface area contributed by atoms with Gasteiger partial charge in [-0.05, 0) is 73.2 Å². The molecule has 3 rings (SSSR count). The van der Waals surface area contributed by atoms with Crippen LogP contribution in [0.2, 0.25) is 0 Å². The molecule has 1 aliphatic carbocycles. The second kappa shape index (κ2) is 5.58. The third-order valence-corrected chi connectivity index (χ3v) is 4.97. The Morgan fingerprint density at radius 1 is 1.25 bits per heavy atom. The lowest BCUT2D eigenvalue weighted by molar-refractivity contribution is 0.494. The fraction of sp³-hybridized carbons (Fsp3) is 0.611. The summed E-state index contributed by atoms with van der Waals surface area (Å²) in [6.45, 7) is 6.86. The van der Waals surface area contributed by atoms with Crippen molar-refractivity contribution >= 4 is 0 Å². The molecule has 1 saturated heterocycles. The molecule has 0 bridgehead atoms. The van der Waals surface area contributed by atoms with E-state index in [2.05, 4.69) is 37.4 Å². The lowest BCUT2D eigenvalue weighted by atomic mass is 9.89. The summed E-state index contributed by atoms with van der Waals surface area (Å²) in [4.78, 5) is 0. The normalized spacial score (nSPS) is 28.6. The molecular formula is C18H24N2. The first kappa shape index (κ1) is 13.6. The molecule has 2 nitrogen and oxygen atoms in total. The van der Waals surface area contributed by atoms with E-state index in [0.29, 0.717) is 11.8 Å². The van der Waals surface area contributed by atoms with Gasteiger partial charge in [-0.25, -0.2) is 0 Å². The van der Waals surface area contributed by atoms with Crippen LogP contribution in [-0.2, 0) is 6.42 Å². The van der Waals surface area contributed by atoms with E-state index in [4.69, 9.17) is 0 Å². The third-order valence-electron chi connectivity index (χ3n) is 4.97. The van der Waals surface area contributed by atoms with E-state index in [1.54, 1.807) is 0 Å². The highest BCUT2D eigenvalue weighted by molar-refractivity contribution is 5.43. The van der Waals surface area contributed by atoms with Crippen molar-refractivity contribution in [1.82, 2.24) is 5.32 Å². The molecule has 0 aromatic heterocycles. The van der Waals surface area contributed by atoms with E-state index in [1.807, 2.05) is 6.07 Å². The van der Waals surface area contributed by atoms with Gasteiger partial charge in [-0.2, -0.15) is 5.26 Å². The number of nitrogens with one attached hydrogen (secondary N) is 1. The number of fused-ring (bicyclic) bond motifs is 1. The summed E-state index contributed by atoms with van der Waals surface area (Å²) in [6.07, 6.45) is 3.63. The van der Waals surface area contributed by atoms with Gasteiger partial charge in [0, 0.05) is 0 Å². The van der Waals surface area contributed by atoms with Crippen molar-refractivity contribution in [3.63, 3.8) is 0 Å². The Morgan fingerprint density at radius 2 is 1.95 bits per heavy atom. The molecule has 2 unspecified atom stereocenters. The fourth-order valence-electron chi connectivity index (χ4n) is 4.07. The standard InChI is InChI=1S/C18H24N2/c1-12(2)5-13-3-4-14(9-19)18(6-13)15-7-16-10-20-11-17(16)8-15/h3-4,6,12,15-17,20H,5,7-8,10-11H2,1-2H3. The average Bonchev–Trinajstić information content (AvgIpc) is 2.98. The van der Waals surface area contributed by atoms with Crippen LogP contribution in [0.4, 0.5) is 0 Å². The van der Waals surface area contributed by atoms with Crippen molar-refractivity contribution < 1.29 is 0 Å². The molecule has 1 aromatic rings. The summed E-state index contributed by atoms with van der Waals surface area (Å²) in [7, 11) is 0. The summed E-state index contributed by atoms with van der Waals surface area (Å²) in [6, 6.07) is 8.90. The van der Waals surface area contributed by atoms with Crippen molar-refractivity contribution in [3.8, 4) is 6.07 Å². The predicted molar refractivity (Wildman–Crippen MR) is 81.5 cm³/mol. The lowest BCUT2D eigenvalue weighted by Gasteiger charge is -2.16. The average molecular weight is 268 g/mol. The van der Waals surface area contributed by atoms with E-state index in [0.717, 1.165) is 23.8 Å². The molecular weight excluding hydrogens is 244 g/mol. The number of nitriles is 1. The van der Waals surface area contributed by atoms with Gasteiger partial charge in [0.25, 0.3) is 0 Å². The van der Waals surface area contributed by atoms with Crippen LogP contribution in [0.1, 0.15) is 49.3 Å². The highest BCUT2D eigenvalue weighted by atomic mass is 14.9. The molecule has 20 heavy (non-hydrogen) atoms. The number of nitrogens with zero attached hydrogens (tertiary/aromatic N) is 1. The van der Waals surface area contributed by atoms with Crippen LogP contribution in [-0.4, -0.2) is 13.1 Å². The monoisotopic (exact) mass is 268 g/mol. The van der Waals surface area contributed by atoms with E-state index < -0.39 is 0 Å². The summed E-state index contributed by atoms with van der Waals surface area (Å²) < 4.78 is 0. The quantitative estimate of drug-likeness (QED) is 0.911. The summed E-state index contributed by atoms with van der Waals surface area (Å²) in [5.74, 6) is 2.94. The molecule has 1 N–H and O–H groups in total. The Kier molecular flexibility index (Phi) is 3.81. The molecule has 0 radical (unpaired) electrons. The topological polar surface area (TPSA) is 35.8 Å². The minimum absolute atomic E-state index is 0.605. The fourth-order valence-corrected chi connectivity index (χ4v) is 4.07. The first-order chi connectivity index (χ1) is 9.67. The second-order valence-electron chi connectivity index (χ2n) is 6.98. The Bertz CT molecular complexity index is 515. The van der Waals surface area contributed by atoms with Crippen LogP contribution in [0.25, 0.3) is 0 Å². The highest BCUT2D eigenvalue weighted by Gasteiger charge is 2.38. The SMILES string of the molecule is CC(C)Cc1ccc(C#N)c(C2CC3CNCC3C2)c1. The summed E-state index contributed by atoms with van der Waals surface area (Å²) in [5, 5.41) is 12.9. The minimum atomic E-state index is 0.605. The van der Waals surface area contributed by atoms with Crippen LogP contribution in [0.3, 0.4) is 0 Å². The number of benzene rings is 1. The maximum Gasteiger partial charge on any atom is 0.0994 e. The van der Waals surface area contributed by atoms with E-state index in [-0.39, 0.29) is 0 Å². The smallest absolute Gasteiger partial charge is 0.0994 e. The molecule has 2 atom stereocenters. The Balaban J connectivity index is 1.85. The summed E-state index contributed by atoms with van der Waals surface area (Å²) >= 11 is 0. The Labute approximate surface area is 122 Å². The van der Waals surface area contributed by atoms with E-state index >= 15 is 0 Å². The van der Waals surface area contributed by atoms with Crippen molar-refractivity contribution in [2.45, 2.75) is 39.0 Å². The first-order valence-corrected chi connectivity index (χ1v) is 7.91. The first-order valence-electron chi connectivity index (χ1n) is 7.91. The van der Waals surface area contributed by atoms with Crippen LogP contribution in [0.5, 0.6) is 0 Å². The van der Waals surface area contributed by atoms with E-state index in [1.165, 1.54) is 37.1 Å². The zero-order valence-corrected chi connectivity index (χ0v) is 12.5. The molecule has 0 amide bonds. The largest absolute Gasteiger partial charge is 0.316 e. The van der Waals surface area contributed by atoms with E-state index in [9.17, 15) is 5.26 Å².